The largest absolute Gasteiger partial charge is 0.464 e. The van der Waals surface area contributed by atoms with Crippen molar-refractivity contribution >= 4 is 11.9 Å². The summed E-state index contributed by atoms with van der Waals surface area (Å²) in [7, 11) is 1.26. The second kappa shape index (κ2) is 7.44. The molecule has 1 aromatic rings. The van der Waals surface area contributed by atoms with Crippen LogP contribution >= 0.6 is 0 Å². The number of nitrogens with one attached hydrogen (secondary N) is 1. The molecule has 1 amide bonds. The zero-order valence-corrected chi connectivity index (χ0v) is 10.5. The van der Waals surface area contributed by atoms with Crippen molar-refractivity contribution in [1.29, 1.82) is 0 Å². The van der Waals surface area contributed by atoms with Crippen molar-refractivity contribution in [3.63, 3.8) is 0 Å². The maximum Gasteiger partial charge on any atom is 0.358 e. The van der Waals surface area contributed by atoms with Crippen LogP contribution in [0, 0.1) is 0 Å². The van der Waals surface area contributed by atoms with Crippen LogP contribution in [0.1, 0.15) is 30.3 Å². The Morgan fingerprint density at radius 3 is 2.94 bits per heavy atom. The molecule has 100 valence electrons. The van der Waals surface area contributed by atoms with Crippen molar-refractivity contribution in [2.75, 3.05) is 25.7 Å². The molecule has 0 unspecified atom stereocenters. The van der Waals surface area contributed by atoms with E-state index in [4.69, 9.17) is 4.74 Å². The van der Waals surface area contributed by atoms with E-state index >= 15 is 0 Å². The summed E-state index contributed by atoms with van der Waals surface area (Å²) in [5.74, 6) is -0.922. The van der Waals surface area contributed by atoms with Gasteiger partial charge in [0, 0.05) is 6.61 Å². The average molecular weight is 255 g/mol. The van der Waals surface area contributed by atoms with Gasteiger partial charge in [0.25, 0.3) is 5.91 Å². The lowest BCUT2D eigenvalue weighted by Crippen LogP contribution is -2.29. The normalized spacial score (nSPS) is 10.1. The van der Waals surface area contributed by atoms with E-state index in [0.29, 0.717) is 6.61 Å². The third-order valence-electron chi connectivity index (χ3n) is 2.15. The van der Waals surface area contributed by atoms with Gasteiger partial charge in [0.2, 0.25) is 0 Å². The lowest BCUT2D eigenvalue weighted by molar-refractivity contribution is -0.121. The first kappa shape index (κ1) is 14.2. The quantitative estimate of drug-likeness (QED) is 0.568. The Hall–Kier alpha value is -1.89. The molecule has 0 fully saturated rings. The van der Waals surface area contributed by atoms with Crippen LogP contribution in [0.2, 0.25) is 0 Å². The van der Waals surface area contributed by atoms with Crippen LogP contribution in [0.15, 0.2) is 12.5 Å². The Morgan fingerprint density at radius 2 is 2.28 bits per heavy atom. The van der Waals surface area contributed by atoms with E-state index in [1.807, 2.05) is 6.92 Å². The van der Waals surface area contributed by atoms with Gasteiger partial charge in [-0.1, -0.05) is 13.3 Å². The van der Waals surface area contributed by atoms with E-state index in [9.17, 15) is 9.59 Å². The van der Waals surface area contributed by atoms with Crippen molar-refractivity contribution < 1.29 is 19.1 Å². The van der Waals surface area contributed by atoms with Crippen molar-refractivity contribution in [2.45, 2.75) is 19.8 Å². The van der Waals surface area contributed by atoms with Crippen LogP contribution in [-0.2, 0) is 14.3 Å². The van der Waals surface area contributed by atoms with Gasteiger partial charge in [0.1, 0.15) is 12.9 Å². The van der Waals surface area contributed by atoms with Crippen molar-refractivity contribution in [3.05, 3.63) is 18.2 Å². The number of rotatable bonds is 7. The summed E-state index contributed by atoms with van der Waals surface area (Å²) in [4.78, 5) is 26.6. The Balaban J connectivity index is 2.44. The summed E-state index contributed by atoms with van der Waals surface area (Å²) < 4.78 is 10.9. The molecule has 1 rings (SSSR count). The number of imidazole rings is 1. The average Bonchev–Trinajstić information content (AvgIpc) is 2.82. The molecule has 0 aliphatic rings. The number of aromatic nitrogens is 2. The molecule has 1 heterocycles. The topological polar surface area (TPSA) is 82.5 Å². The lowest BCUT2D eigenvalue weighted by atomic mass is 10.4. The molecule has 0 atom stereocenters. The Bertz CT molecular complexity index is 403. The number of ether oxygens (including phenoxy) is 2. The number of amides is 1. The van der Waals surface area contributed by atoms with Gasteiger partial charge >= 0.3 is 5.97 Å². The van der Waals surface area contributed by atoms with E-state index < -0.39 is 5.97 Å². The number of hydrogen-bond donors (Lipinski definition) is 1. The Morgan fingerprint density at radius 1 is 1.50 bits per heavy atom. The van der Waals surface area contributed by atoms with Gasteiger partial charge in [-0.25, -0.2) is 14.5 Å². The molecule has 7 nitrogen and oxygen atoms in total. The smallest absolute Gasteiger partial charge is 0.358 e. The standard InChI is InChI=1S/C11H17N3O4/c1-3-4-5-18-7-10(15)13-14-8-12-6-9(14)11(16)17-2/h6,8H,3-5,7H2,1-2H3,(H,13,15). The van der Waals surface area contributed by atoms with Crippen LogP contribution in [0.4, 0.5) is 0 Å². The zero-order chi connectivity index (χ0) is 13.4. The van der Waals surface area contributed by atoms with Crippen molar-refractivity contribution in [2.24, 2.45) is 0 Å². The van der Waals surface area contributed by atoms with Gasteiger partial charge in [0.05, 0.1) is 13.3 Å². The summed E-state index contributed by atoms with van der Waals surface area (Å²) in [5.41, 5.74) is 2.62. The molecule has 18 heavy (non-hydrogen) atoms. The monoisotopic (exact) mass is 255 g/mol. The number of unbranched alkanes of at least 4 members (excludes halogenated alkanes) is 1. The fraction of sp³-hybridized carbons (Fsp3) is 0.545. The number of methoxy groups -OCH3 is 1. The molecule has 0 bridgehead atoms. The predicted octanol–water partition coefficient (Wildman–Crippen LogP) is 0.556. The van der Waals surface area contributed by atoms with Gasteiger partial charge in [-0.2, -0.15) is 0 Å². The van der Waals surface area contributed by atoms with Gasteiger partial charge in [-0.3, -0.25) is 10.2 Å². The minimum atomic E-state index is -0.570. The summed E-state index contributed by atoms with van der Waals surface area (Å²) in [6.07, 6.45) is 4.54. The molecular weight excluding hydrogens is 238 g/mol. The Kier molecular flexibility index (Phi) is 5.86. The summed E-state index contributed by atoms with van der Waals surface area (Å²) in [6, 6.07) is 0. The summed E-state index contributed by atoms with van der Waals surface area (Å²) >= 11 is 0. The molecule has 0 aromatic carbocycles. The van der Waals surface area contributed by atoms with Crippen LogP contribution in [0.5, 0.6) is 0 Å². The van der Waals surface area contributed by atoms with E-state index in [1.54, 1.807) is 0 Å². The third kappa shape index (κ3) is 4.17. The van der Waals surface area contributed by atoms with E-state index in [2.05, 4.69) is 15.1 Å². The number of hydrogen-bond acceptors (Lipinski definition) is 5. The fourth-order valence-electron chi connectivity index (χ4n) is 1.22. The molecule has 0 spiro atoms. The van der Waals surface area contributed by atoms with Crippen LogP contribution in [-0.4, -0.2) is 41.9 Å². The zero-order valence-electron chi connectivity index (χ0n) is 10.5. The maximum atomic E-state index is 11.5. The summed E-state index contributed by atoms with van der Waals surface area (Å²) in [5, 5.41) is 0. The van der Waals surface area contributed by atoms with Gasteiger partial charge < -0.3 is 9.47 Å². The fourth-order valence-corrected chi connectivity index (χ4v) is 1.22. The minimum Gasteiger partial charge on any atom is -0.464 e. The van der Waals surface area contributed by atoms with Gasteiger partial charge in [-0.15, -0.1) is 0 Å². The molecule has 1 aromatic heterocycles. The first-order valence-electron chi connectivity index (χ1n) is 5.67. The van der Waals surface area contributed by atoms with Crippen LogP contribution in [0.3, 0.4) is 0 Å². The first-order chi connectivity index (χ1) is 8.69. The van der Waals surface area contributed by atoms with Crippen molar-refractivity contribution in [1.82, 2.24) is 9.66 Å². The highest BCUT2D eigenvalue weighted by molar-refractivity contribution is 5.90. The third-order valence-corrected chi connectivity index (χ3v) is 2.15. The molecule has 1 N–H and O–H groups in total. The first-order valence-corrected chi connectivity index (χ1v) is 5.67. The second-order valence-corrected chi connectivity index (χ2v) is 3.58. The van der Waals surface area contributed by atoms with Gasteiger partial charge in [-0.05, 0) is 6.42 Å². The molecule has 0 radical (unpaired) electrons. The number of carbonyl (C=O) groups is 2. The van der Waals surface area contributed by atoms with Crippen LogP contribution < -0.4 is 5.43 Å². The maximum absolute atomic E-state index is 11.5. The second-order valence-electron chi connectivity index (χ2n) is 3.58. The molecule has 0 aliphatic heterocycles. The summed E-state index contributed by atoms with van der Waals surface area (Å²) in [6.45, 7) is 2.52. The van der Waals surface area contributed by atoms with E-state index in [1.165, 1.54) is 24.3 Å². The highest BCUT2D eigenvalue weighted by Crippen LogP contribution is 1.98. The lowest BCUT2D eigenvalue weighted by Gasteiger charge is -2.08. The van der Waals surface area contributed by atoms with Crippen molar-refractivity contribution in [3.8, 4) is 0 Å². The number of nitrogens with zero attached hydrogens (tertiary/aromatic N) is 2. The SMILES string of the molecule is CCCCOCC(=O)Nn1cncc1C(=O)OC. The highest BCUT2D eigenvalue weighted by Gasteiger charge is 2.13. The molecule has 0 aliphatic carbocycles. The molecule has 0 saturated carbocycles. The minimum absolute atomic E-state index is 0.0568. The highest BCUT2D eigenvalue weighted by atomic mass is 16.5. The molecule has 7 heteroatoms. The van der Waals surface area contributed by atoms with Crippen LogP contribution in [0.25, 0.3) is 0 Å². The number of esters is 1. The Labute approximate surface area is 105 Å². The van der Waals surface area contributed by atoms with E-state index in [0.717, 1.165) is 12.8 Å². The predicted molar refractivity (Wildman–Crippen MR) is 63.7 cm³/mol. The molecular formula is C11H17N3O4. The van der Waals surface area contributed by atoms with Gasteiger partial charge in [0.15, 0.2) is 5.69 Å². The number of carbonyl (C=O) groups excluding carboxylic acids is 2. The molecule has 0 saturated heterocycles. The van der Waals surface area contributed by atoms with E-state index in [-0.39, 0.29) is 18.2 Å².